The van der Waals surface area contributed by atoms with Gasteiger partial charge in [-0.1, -0.05) is 19.4 Å². The van der Waals surface area contributed by atoms with Crippen molar-refractivity contribution in [2.45, 2.75) is 32.7 Å². The first kappa shape index (κ1) is 15.1. The van der Waals surface area contributed by atoms with Gasteiger partial charge >= 0.3 is 5.97 Å². The Balaban J connectivity index is 3.01. The van der Waals surface area contributed by atoms with Gasteiger partial charge in [-0.05, 0) is 25.0 Å². The summed E-state index contributed by atoms with van der Waals surface area (Å²) >= 11 is 0. The first-order chi connectivity index (χ1) is 8.88. The van der Waals surface area contributed by atoms with E-state index in [1.54, 1.807) is 6.92 Å². The number of carboxylic acids is 1. The molecule has 0 saturated carbocycles. The molecular weight excluding hydrogens is 256 g/mol. The molecule has 2 N–H and O–H groups in total. The molecule has 1 amide bonds. The third kappa shape index (κ3) is 3.49. The van der Waals surface area contributed by atoms with Crippen LogP contribution in [0.5, 0.6) is 0 Å². The van der Waals surface area contributed by atoms with Crippen molar-refractivity contribution in [2.24, 2.45) is 0 Å². The SMILES string of the molecule is CCCC(NC(=O)c1c(F)ccc(C)c1F)C(=O)O. The van der Waals surface area contributed by atoms with Gasteiger partial charge in [-0.2, -0.15) is 0 Å². The second kappa shape index (κ2) is 6.26. The lowest BCUT2D eigenvalue weighted by Crippen LogP contribution is -2.41. The zero-order valence-corrected chi connectivity index (χ0v) is 10.7. The van der Waals surface area contributed by atoms with Crippen molar-refractivity contribution in [1.82, 2.24) is 5.32 Å². The average molecular weight is 271 g/mol. The summed E-state index contributed by atoms with van der Waals surface area (Å²) in [6.07, 6.45) is 0.714. The molecule has 1 aromatic rings. The number of carbonyl (C=O) groups is 2. The highest BCUT2D eigenvalue weighted by Gasteiger charge is 2.24. The summed E-state index contributed by atoms with van der Waals surface area (Å²) in [4.78, 5) is 22.7. The zero-order valence-electron chi connectivity index (χ0n) is 10.7. The molecule has 0 aliphatic carbocycles. The van der Waals surface area contributed by atoms with Gasteiger partial charge in [0, 0.05) is 0 Å². The van der Waals surface area contributed by atoms with Crippen LogP contribution in [-0.4, -0.2) is 23.0 Å². The third-order valence-corrected chi connectivity index (χ3v) is 2.69. The van der Waals surface area contributed by atoms with Crippen LogP contribution >= 0.6 is 0 Å². The Morgan fingerprint density at radius 1 is 1.37 bits per heavy atom. The predicted molar refractivity (Wildman–Crippen MR) is 64.9 cm³/mol. The normalized spacial score (nSPS) is 12.0. The number of amides is 1. The van der Waals surface area contributed by atoms with Crippen molar-refractivity contribution in [3.8, 4) is 0 Å². The monoisotopic (exact) mass is 271 g/mol. The molecule has 1 rings (SSSR count). The van der Waals surface area contributed by atoms with Crippen LogP contribution in [-0.2, 0) is 4.79 Å². The number of carbonyl (C=O) groups excluding carboxylic acids is 1. The van der Waals surface area contributed by atoms with Crippen molar-refractivity contribution >= 4 is 11.9 Å². The lowest BCUT2D eigenvalue weighted by molar-refractivity contribution is -0.139. The van der Waals surface area contributed by atoms with Crippen LogP contribution in [0.1, 0.15) is 35.7 Å². The maximum Gasteiger partial charge on any atom is 0.326 e. The highest BCUT2D eigenvalue weighted by Crippen LogP contribution is 2.16. The summed E-state index contributed by atoms with van der Waals surface area (Å²) in [5, 5.41) is 11.0. The largest absolute Gasteiger partial charge is 0.480 e. The standard InChI is InChI=1S/C13H15F2NO3/c1-3-4-9(13(18)19)16-12(17)10-8(14)6-5-7(2)11(10)15/h5-6,9H,3-4H2,1-2H3,(H,16,17)(H,18,19). The molecule has 0 saturated heterocycles. The van der Waals surface area contributed by atoms with E-state index in [4.69, 9.17) is 5.11 Å². The number of hydrogen-bond acceptors (Lipinski definition) is 2. The Morgan fingerprint density at radius 3 is 2.53 bits per heavy atom. The van der Waals surface area contributed by atoms with Crippen LogP contribution < -0.4 is 5.32 Å². The smallest absolute Gasteiger partial charge is 0.326 e. The molecule has 0 heterocycles. The zero-order chi connectivity index (χ0) is 14.6. The lowest BCUT2D eigenvalue weighted by atomic mass is 10.1. The van der Waals surface area contributed by atoms with Gasteiger partial charge in [-0.15, -0.1) is 0 Å². The molecule has 0 aromatic heterocycles. The van der Waals surface area contributed by atoms with Gasteiger partial charge in [0.25, 0.3) is 5.91 Å². The number of aryl methyl sites for hydroxylation is 1. The van der Waals surface area contributed by atoms with E-state index in [0.29, 0.717) is 6.42 Å². The van der Waals surface area contributed by atoms with Gasteiger partial charge in [0.1, 0.15) is 23.2 Å². The van der Waals surface area contributed by atoms with E-state index in [9.17, 15) is 18.4 Å². The summed E-state index contributed by atoms with van der Waals surface area (Å²) in [5.41, 5.74) is -0.628. The Hall–Kier alpha value is -1.98. The maximum absolute atomic E-state index is 13.7. The van der Waals surface area contributed by atoms with Gasteiger partial charge in [0.2, 0.25) is 0 Å². The van der Waals surface area contributed by atoms with Crippen molar-refractivity contribution in [2.75, 3.05) is 0 Å². The molecule has 0 aliphatic heterocycles. The summed E-state index contributed by atoms with van der Waals surface area (Å²) in [6, 6.07) is 1.03. The number of halogens is 2. The average Bonchev–Trinajstić information content (AvgIpc) is 2.33. The van der Waals surface area contributed by atoms with Gasteiger partial charge in [-0.25, -0.2) is 13.6 Å². The van der Waals surface area contributed by atoms with Crippen molar-refractivity contribution in [3.05, 3.63) is 34.9 Å². The summed E-state index contributed by atoms with van der Waals surface area (Å²) in [6.45, 7) is 3.14. The Morgan fingerprint density at radius 2 is 2.00 bits per heavy atom. The minimum Gasteiger partial charge on any atom is -0.480 e. The lowest BCUT2D eigenvalue weighted by Gasteiger charge is -2.14. The number of nitrogens with one attached hydrogen (secondary N) is 1. The molecule has 6 heteroatoms. The molecule has 0 aliphatic rings. The van der Waals surface area contributed by atoms with Crippen LogP contribution in [0, 0.1) is 18.6 Å². The van der Waals surface area contributed by atoms with Crippen LogP contribution in [0.15, 0.2) is 12.1 Å². The molecule has 0 radical (unpaired) electrons. The molecule has 0 bridgehead atoms. The van der Waals surface area contributed by atoms with E-state index in [-0.39, 0.29) is 12.0 Å². The second-order valence-corrected chi connectivity index (χ2v) is 4.21. The van der Waals surface area contributed by atoms with E-state index < -0.39 is 35.1 Å². The highest BCUT2D eigenvalue weighted by atomic mass is 19.1. The molecule has 104 valence electrons. The summed E-state index contributed by atoms with van der Waals surface area (Å²) < 4.78 is 27.2. The van der Waals surface area contributed by atoms with E-state index in [1.807, 2.05) is 0 Å². The molecule has 1 unspecified atom stereocenters. The fourth-order valence-electron chi connectivity index (χ4n) is 1.64. The minimum absolute atomic E-state index is 0.119. The van der Waals surface area contributed by atoms with E-state index in [2.05, 4.69) is 5.32 Å². The van der Waals surface area contributed by atoms with Gasteiger partial charge < -0.3 is 10.4 Å². The number of benzene rings is 1. The molecule has 19 heavy (non-hydrogen) atoms. The molecule has 0 spiro atoms. The Kier molecular flexibility index (Phi) is 4.97. The maximum atomic E-state index is 13.7. The first-order valence-electron chi connectivity index (χ1n) is 5.86. The third-order valence-electron chi connectivity index (χ3n) is 2.69. The van der Waals surface area contributed by atoms with Crippen LogP contribution in [0.25, 0.3) is 0 Å². The van der Waals surface area contributed by atoms with Crippen molar-refractivity contribution < 1.29 is 23.5 Å². The quantitative estimate of drug-likeness (QED) is 0.863. The van der Waals surface area contributed by atoms with Crippen molar-refractivity contribution in [1.29, 1.82) is 0 Å². The first-order valence-corrected chi connectivity index (χ1v) is 5.86. The van der Waals surface area contributed by atoms with E-state index in [0.717, 1.165) is 6.07 Å². The van der Waals surface area contributed by atoms with Gasteiger partial charge in [0.15, 0.2) is 0 Å². The number of carboxylic acid groups (broad SMARTS) is 1. The Labute approximate surface area is 109 Å². The summed E-state index contributed by atoms with van der Waals surface area (Å²) in [5.74, 6) is -4.28. The fraction of sp³-hybridized carbons (Fsp3) is 0.385. The van der Waals surface area contributed by atoms with E-state index >= 15 is 0 Å². The minimum atomic E-state index is -1.23. The number of aliphatic carboxylic acids is 1. The van der Waals surface area contributed by atoms with Crippen LogP contribution in [0.4, 0.5) is 8.78 Å². The van der Waals surface area contributed by atoms with Gasteiger partial charge in [-0.3, -0.25) is 4.79 Å². The molecular formula is C13H15F2NO3. The predicted octanol–water partition coefficient (Wildman–Crippen LogP) is 2.26. The van der Waals surface area contributed by atoms with Crippen LogP contribution in [0.2, 0.25) is 0 Å². The second-order valence-electron chi connectivity index (χ2n) is 4.21. The van der Waals surface area contributed by atoms with E-state index in [1.165, 1.54) is 13.0 Å². The topological polar surface area (TPSA) is 66.4 Å². The summed E-state index contributed by atoms with van der Waals surface area (Å²) in [7, 11) is 0. The number of rotatable bonds is 5. The molecule has 1 atom stereocenters. The van der Waals surface area contributed by atoms with Gasteiger partial charge in [0.05, 0.1) is 0 Å². The highest BCUT2D eigenvalue weighted by molar-refractivity contribution is 5.97. The van der Waals surface area contributed by atoms with Crippen molar-refractivity contribution in [3.63, 3.8) is 0 Å². The number of hydrogen-bond donors (Lipinski definition) is 2. The molecule has 4 nitrogen and oxygen atoms in total. The molecule has 0 fully saturated rings. The fourth-order valence-corrected chi connectivity index (χ4v) is 1.64. The Bertz CT molecular complexity index is 503. The van der Waals surface area contributed by atoms with Crippen LogP contribution in [0.3, 0.4) is 0 Å². The molecule has 1 aromatic carbocycles.